The number of hydrogen-bond acceptors (Lipinski definition) is 5. The van der Waals surface area contributed by atoms with Crippen molar-refractivity contribution in [3.8, 4) is 6.07 Å². The predicted molar refractivity (Wildman–Crippen MR) is 116 cm³/mol. The van der Waals surface area contributed by atoms with Gasteiger partial charge in [-0.05, 0) is 61.1 Å². The maximum Gasteiger partial charge on any atom is 0.0825 e. The van der Waals surface area contributed by atoms with Crippen LogP contribution in [0.1, 0.15) is 36.8 Å². The van der Waals surface area contributed by atoms with Gasteiger partial charge in [-0.15, -0.1) is 0 Å². The van der Waals surface area contributed by atoms with Crippen LogP contribution in [-0.4, -0.2) is 40.5 Å². The Hall–Kier alpha value is -2.03. The van der Waals surface area contributed by atoms with Gasteiger partial charge < -0.3 is 5.32 Å². The number of nitrogens with zero attached hydrogens (tertiary/aromatic N) is 3. The van der Waals surface area contributed by atoms with Crippen molar-refractivity contribution in [2.24, 2.45) is 0 Å². The molecule has 146 valence electrons. The van der Waals surface area contributed by atoms with Gasteiger partial charge in [0.2, 0.25) is 0 Å². The van der Waals surface area contributed by atoms with E-state index >= 15 is 0 Å². The highest BCUT2D eigenvalue weighted by Crippen LogP contribution is 2.39. The average Bonchev–Trinajstić information content (AvgIpc) is 2.76. The van der Waals surface area contributed by atoms with E-state index in [-0.39, 0.29) is 5.41 Å². The zero-order valence-corrected chi connectivity index (χ0v) is 17.1. The summed E-state index contributed by atoms with van der Waals surface area (Å²) in [7, 11) is 0. The van der Waals surface area contributed by atoms with Crippen molar-refractivity contribution in [3.05, 3.63) is 59.9 Å². The van der Waals surface area contributed by atoms with Gasteiger partial charge in [0.25, 0.3) is 0 Å². The van der Waals surface area contributed by atoms with Gasteiger partial charge in [-0.2, -0.15) is 17.0 Å². The minimum absolute atomic E-state index is 0.352. The zero-order chi connectivity index (χ0) is 19.2. The summed E-state index contributed by atoms with van der Waals surface area (Å²) >= 11 is 2.06. The van der Waals surface area contributed by atoms with Gasteiger partial charge in [0, 0.05) is 55.3 Å². The zero-order valence-electron chi connectivity index (χ0n) is 16.3. The van der Waals surface area contributed by atoms with Gasteiger partial charge in [0.1, 0.15) is 0 Å². The molecule has 2 aromatic rings. The smallest absolute Gasteiger partial charge is 0.0825 e. The third-order valence-electron chi connectivity index (χ3n) is 6.09. The normalized spacial score (nSPS) is 25.8. The first-order chi connectivity index (χ1) is 13.8. The second kappa shape index (κ2) is 8.98. The lowest BCUT2D eigenvalue weighted by atomic mass is 9.69. The Labute approximate surface area is 172 Å². The maximum atomic E-state index is 9.87. The summed E-state index contributed by atoms with van der Waals surface area (Å²) in [5.41, 5.74) is 3.36. The molecule has 2 aliphatic rings. The minimum atomic E-state index is -0.352. The van der Waals surface area contributed by atoms with Crippen LogP contribution in [-0.2, 0) is 12.0 Å². The van der Waals surface area contributed by atoms with Crippen LogP contribution in [0.3, 0.4) is 0 Å². The SMILES string of the molecule is N#CC1(c2ccncc2)CCC(Nc2cccc(CN3CCSCC3)c2)CC1. The molecule has 1 saturated heterocycles. The number of nitriles is 1. The molecule has 4 nitrogen and oxygen atoms in total. The number of anilines is 1. The summed E-state index contributed by atoms with van der Waals surface area (Å²) < 4.78 is 0. The first-order valence-corrected chi connectivity index (χ1v) is 11.4. The van der Waals surface area contributed by atoms with E-state index in [2.05, 4.69) is 57.3 Å². The van der Waals surface area contributed by atoms with Crippen LogP contribution < -0.4 is 5.32 Å². The fourth-order valence-electron chi connectivity index (χ4n) is 4.40. The molecule has 5 heteroatoms. The van der Waals surface area contributed by atoms with Gasteiger partial charge in [-0.25, -0.2) is 0 Å². The standard InChI is InChI=1S/C23H28N4S/c24-18-23(20-6-10-25-11-7-20)8-4-21(5-9-23)26-22-3-1-2-19(16-22)17-27-12-14-28-15-13-27/h1-3,6-7,10-11,16,21,26H,4-5,8-9,12-15,17H2. The first-order valence-electron chi connectivity index (χ1n) is 10.2. The third-order valence-corrected chi connectivity index (χ3v) is 7.04. The summed E-state index contributed by atoms with van der Waals surface area (Å²) in [6, 6.07) is 15.9. The molecule has 1 aromatic carbocycles. The Kier molecular flexibility index (Phi) is 6.19. The van der Waals surface area contributed by atoms with E-state index in [1.54, 1.807) is 12.4 Å². The van der Waals surface area contributed by atoms with E-state index in [4.69, 9.17) is 0 Å². The summed E-state index contributed by atoms with van der Waals surface area (Å²) in [4.78, 5) is 6.65. The monoisotopic (exact) mass is 392 g/mol. The van der Waals surface area contributed by atoms with Gasteiger partial charge in [-0.3, -0.25) is 9.88 Å². The third kappa shape index (κ3) is 4.51. The van der Waals surface area contributed by atoms with Crippen molar-refractivity contribution < 1.29 is 0 Å². The molecule has 1 aliphatic carbocycles. The Morgan fingerprint density at radius 1 is 1.14 bits per heavy atom. The van der Waals surface area contributed by atoms with Gasteiger partial charge >= 0.3 is 0 Å². The molecule has 0 spiro atoms. The van der Waals surface area contributed by atoms with Gasteiger partial charge in [0.15, 0.2) is 0 Å². The number of thioether (sulfide) groups is 1. The Balaban J connectivity index is 1.36. The maximum absolute atomic E-state index is 9.87. The van der Waals surface area contributed by atoms with Crippen molar-refractivity contribution in [1.82, 2.24) is 9.88 Å². The van der Waals surface area contributed by atoms with Crippen LogP contribution in [0.2, 0.25) is 0 Å². The molecular formula is C23H28N4S. The topological polar surface area (TPSA) is 52.0 Å². The van der Waals surface area contributed by atoms with Crippen molar-refractivity contribution >= 4 is 17.4 Å². The van der Waals surface area contributed by atoms with Gasteiger partial charge in [0.05, 0.1) is 11.5 Å². The molecule has 0 bridgehead atoms. The summed E-state index contributed by atoms with van der Waals surface area (Å²) in [5, 5.41) is 13.6. The fraction of sp³-hybridized carbons (Fsp3) is 0.478. The fourth-order valence-corrected chi connectivity index (χ4v) is 5.38. The molecule has 2 fully saturated rings. The van der Waals surface area contributed by atoms with Crippen molar-refractivity contribution in [1.29, 1.82) is 5.26 Å². The molecule has 1 aromatic heterocycles. The number of aromatic nitrogens is 1. The predicted octanol–water partition coefficient (Wildman–Crippen LogP) is 4.45. The van der Waals surface area contributed by atoms with Crippen molar-refractivity contribution in [2.75, 3.05) is 29.9 Å². The molecule has 0 radical (unpaired) electrons. The van der Waals surface area contributed by atoms with E-state index in [0.29, 0.717) is 6.04 Å². The molecule has 0 amide bonds. The van der Waals surface area contributed by atoms with Crippen LogP contribution >= 0.6 is 11.8 Å². The highest BCUT2D eigenvalue weighted by atomic mass is 32.2. The number of benzene rings is 1. The van der Waals surface area contributed by atoms with E-state index < -0.39 is 0 Å². The molecule has 28 heavy (non-hydrogen) atoms. The molecule has 4 rings (SSSR count). The molecule has 0 unspecified atom stereocenters. The van der Waals surface area contributed by atoms with Crippen LogP contribution in [0, 0.1) is 11.3 Å². The average molecular weight is 393 g/mol. The second-order valence-corrected chi connectivity index (χ2v) is 9.16. The van der Waals surface area contributed by atoms with E-state index in [0.717, 1.165) is 37.8 Å². The number of hydrogen-bond donors (Lipinski definition) is 1. The molecule has 0 atom stereocenters. The number of pyridine rings is 1. The Morgan fingerprint density at radius 2 is 1.89 bits per heavy atom. The summed E-state index contributed by atoms with van der Waals surface area (Å²) in [6.45, 7) is 3.42. The number of rotatable bonds is 5. The second-order valence-electron chi connectivity index (χ2n) is 7.94. The van der Waals surface area contributed by atoms with Crippen LogP contribution in [0.15, 0.2) is 48.8 Å². The molecular weight excluding hydrogens is 364 g/mol. The van der Waals surface area contributed by atoms with E-state index in [1.807, 2.05) is 12.1 Å². The van der Waals surface area contributed by atoms with E-state index in [1.165, 1.54) is 35.8 Å². The highest BCUT2D eigenvalue weighted by Gasteiger charge is 2.37. The highest BCUT2D eigenvalue weighted by molar-refractivity contribution is 7.99. The van der Waals surface area contributed by atoms with Crippen molar-refractivity contribution in [2.45, 2.75) is 43.7 Å². The lowest BCUT2D eigenvalue weighted by molar-refractivity contribution is 0.294. The largest absolute Gasteiger partial charge is 0.382 e. The van der Waals surface area contributed by atoms with Crippen molar-refractivity contribution in [3.63, 3.8) is 0 Å². The first kappa shape index (κ1) is 19.3. The quantitative estimate of drug-likeness (QED) is 0.815. The minimum Gasteiger partial charge on any atom is -0.382 e. The number of nitrogens with one attached hydrogen (secondary N) is 1. The van der Waals surface area contributed by atoms with E-state index in [9.17, 15) is 5.26 Å². The molecule has 1 aliphatic heterocycles. The van der Waals surface area contributed by atoms with Crippen LogP contribution in [0.5, 0.6) is 0 Å². The van der Waals surface area contributed by atoms with Crippen LogP contribution in [0.4, 0.5) is 5.69 Å². The molecule has 2 heterocycles. The Morgan fingerprint density at radius 3 is 2.61 bits per heavy atom. The Bertz CT molecular complexity index is 803. The molecule has 1 N–H and O–H groups in total. The van der Waals surface area contributed by atoms with Crippen LogP contribution in [0.25, 0.3) is 0 Å². The summed E-state index contributed by atoms with van der Waals surface area (Å²) in [6.07, 6.45) is 7.43. The summed E-state index contributed by atoms with van der Waals surface area (Å²) in [5.74, 6) is 2.50. The molecule has 1 saturated carbocycles. The van der Waals surface area contributed by atoms with Gasteiger partial charge in [-0.1, -0.05) is 12.1 Å². The lowest BCUT2D eigenvalue weighted by Crippen LogP contribution is -2.35. The lowest BCUT2D eigenvalue weighted by Gasteiger charge is -2.36.